The summed E-state index contributed by atoms with van der Waals surface area (Å²) in [5, 5.41) is 7.09. The van der Waals surface area contributed by atoms with E-state index in [0.29, 0.717) is 18.3 Å². The molecule has 0 spiro atoms. The Morgan fingerprint density at radius 1 is 1.24 bits per heavy atom. The van der Waals surface area contributed by atoms with Crippen LogP contribution in [0, 0.1) is 12.8 Å². The molecule has 2 fully saturated rings. The molecule has 2 amide bonds. The largest absolute Gasteiger partial charge is 0.497 e. The fourth-order valence-corrected chi connectivity index (χ4v) is 4.27. The summed E-state index contributed by atoms with van der Waals surface area (Å²) in [6.07, 6.45) is 4.83. The van der Waals surface area contributed by atoms with E-state index in [1.54, 1.807) is 18.9 Å². The minimum Gasteiger partial charge on any atom is -0.497 e. The van der Waals surface area contributed by atoms with Gasteiger partial charge in [0.25, 0.3) is 5.89 Å². The number of aryl methyl sites for hydroxylation is 1. The van der Waals surface area contributed by atoms with Gasteiger partial charge in [-0.15, -0.1) is 0 Å². The number of nitrogens with one attached hydrogen (secondary N) is 1. The maximum absolute atomic E-state index is 13.1. The molecule has 1 aromatic heterocycles. The van der Waals surface area contributed by atoms with Crippen LogP contribution in [0.1, 0.15) is 50.2 Å². The van der Waals surface area contributed by atoms with Crippen molar-refractivity contribution in [3.8, 4) is 5.75 Å². The van der Waals surface area contributed by atoms with Crippen molar-refractivity contribution in [2.75, 3.05) is 18.6 Å². The molecule has 1 saturated carbocycles. The summed E-state index contributed by atoms with van der Waals surface area (Å²) < 4.78 is 10.6. The zero-order chi connectivity index (χ0) is 20.4. The lowest BCUT2D eigenvalue weighted by atomic mass is 9.81. The number of rotatable bonds is 5. The van der Waals surface area contributed by atoms with E-state index in [4.69, 9.17) is 9.26 Å². The number of carbonyl (C=O) groups excluding carboxylic acids is 2. The number of nitrogens with zero attached hydrogens (tertiary/aromatic N) is 3. The van der Waals surface area contributed by atoms with E-state index < -0.39 is 11.5 Å². The molecule has 0 bridgehead atoms. The van der Waals surface area contributed by atoms with Crippen LogP contribution in [0.15, 0.2) is 28.8 Å². The van der Waals surface area contributed by atoms with Gasteiger partial charge < -0.3 is 19.5 Å². The van der Waals surface area contributed by atoms with E-state index >= 15 is 0 Å². The van der Waals surface area contributed by atoms with Gasteiger partial charge in [-0.05, 0) is 44.0 Å². The SMILES string of the molecule is COc1ccc(N2C[C@H](C(=O)NC3(c4nc(C)no4)CCCCC3)CC2=O)cc1. The van der Waals surface area contributed by atoms with Crippen LogP contribution in [0.25, 0.3) is 0 Å². The van der Waals surface area contributed by atoms with E-state index in [1.807, 2.05) is 24.3 Å². The van der Waals surface area contributed by atoms with Crippen molar-refractivity contribution < 1.29 is 18.8 Å². The topological polar surface area (TPSA) is 97.6 Å². The molecule has 8 nitrogen and oxygen atoms in total. The van der Waals surface area contributed by atoms with E-state index in [1.165, 1.54) is 0 Å². The van der Waals surface area contributed by atoms with Crippen LogP contribution >= 0.6 is 0 Å². The Balaban J connectivity index is 1.49. The molecule has 1 aromatic carbocycles. The fraction of sp³-hybridized carbons (Fsp3) is 0.524. The molecule has 1 atom stereocenters. The average molecular weight is 398 g/mol. The van der Waals surface area contributed by atoms with Crippen LogP contribution < -0.4 is 15.0 Å². The number of benzene rings is 1. The molecule has 2 heterocycles. The third-order valence-corrected chi connectivity index (χ3v) is 5.89. The van der Waals surface area contributed by atoms with Crippen LogP contribution in [-0.4, -0.2) is 35.6 Å². The second-order valence-corrected chi connectivity index (χ2v) is 7.88. The highest BCUT2D eigenvalue weighted by molar-refractivity contribution is 6.00. The highest BCUT2D eigenvalue weighted by Gasteiger charge is 2.43. The third-order valence-electron chi connectivity index (χ3n) is 5.89. The van der Waals surface area contributed by atoms with Gasteiger partial charge in [0.1, 0.15) is 11.3 Å². The summed E-state index contributed by atoms with van der Waals surface area (Å²) in [6.45, 7) is 2.13. The summed E-state index contributed by atoms with van der Waals surface area (Å²) >= 11 is 0. The maximum Gasteiger partial charge on any atom is 0.252 e. The first-order valence-electron chi connectivity index (χ1n) is 10.1. The standard InChI is InChI=1S/C21H26N4O4/c1-14-22-20(29-24-14)21(10-4-3-5-11-21)23-19(27)15-12-18(26)25(13-15)16-6-8-17(28-2)9-7-16/h6-9,15H,3-5,10-13H2,1-2H3,(H,23,27)/t15-/m1/s1. The Bertz CT molecular complexity index is 886. The molecule has 1 saturated heterocycles. The summed E-state index contributed by atoms with van der Waals surface area (Å²) in [6, 6.07) is 7.29. The highest BCUT2D eigenvalue weighted by Crippen LogP contribution is 2.37. The van der Waals surface area contributed by atoms with E-state index in [2.05, 4.69) is 15.5 Å². The van der Waals surface area contributed by atoms with Gasteiger partial charge in [-0.1, -0.05) is 24.4 Å². The molecule has 2 aromatic rings. The third kappa shape index (κ3) is 3.83. The van der Waals surface area contributed by atoms with Gasteiger partial charge in [0.15, 0.2) is 5.82 Å². The molecule has 154 valence electrons. The molecule has 1 aliphatic carbocycles. The van der Waals surface area contributed by atoms with Gasteiger partial charge in [-0.3, -0.25) is 9.59 Å². The first kappa shape index (κ1) is 19.4. The zero-order valence-electron chi connectivity index (χ0n) is 16.8. The van der Waals surface area contributed by atoms with Crippen LogP contribution in [0.5, 0.6) is 5.75 Å². The van der Waals surface area contributed by atoms with Crippen molar-refractivity contribution in [1.82, 2.24) is 15.5 Å². The van der Waals surface area contributed by atoms with E-state index in [9.17, 15) is 9.59 Å². The molecule has 1 aliphatic heterocycles. The number of carbonyl (C=O) groups is 2. The summed E-state index contributed by atoms with van der Waals surface area (Å²) in [5.41, 5.74) is 0.138. The van der Waals surface area contributed by atoms with Crippen LogP contribution in [0.4, 0.5) is 5.69 Å². The van der Waals surface area contributed by atoms with Crippen molar-refractivity contribution in [2.24, 2.45) is 5.92 Å². The molecular weight excluding hydrogens is 372 g/mol. The van der Waals surface area contributed by atoms with Crippen molar-refractivity contribution in [3.05, 3.63) is 36.0 Å². The van der Waals surface area contributed by atoms with Crippen molar-refractivity contribution in [1.29, 1.82) is 0 Å². The maximum atomic E-state index is 13.1. The lowest BCUT2D eigenvalue weighted by Gasteiger charge is -2.35. The normalized spacial score (nSPS) is 21.2. The van der Waals surface area contributed by atoms with Crippen LogP contribution in [0.3, 0.4) is 0 Å². The molecule has 29 heavy (non-hydrogen) atoms. The minimum atomic E-state index is -0.632. The first-order chi connectivity index (χ1) is 14.0. The van der Waals surface area contributed by atoms with E-state index in [-0.39, 0.29) is 18.2 Å². The van der Waals surface area contributed by atoms with Gasteiger partial charge in [-0.2, -0.15) is 4.98 Å². The molecule has 0 unspecified atom stereocenters. The average Bonchev–Trinajstić information content (AvgIpc) is 3.35. The molecule has 4 rings (SSSR count). The molecule has 0 radical (unpaired) electrons. The summed E-state index contributed by atoms with van der Waals surface area (Å²) in [4.78, 5) is 31.7. The Labute approximate surface area is 169 Å². The van der Waals surface area contributed by atoms with Crippen molar-refractivity contribution in [2.45, 2.75) is 51.0 Å². The second kappa shape index (κ2) is 7.85. The van der Waals surface area contributed by atoms with Crippen LogP contribution in [-0.2, 0) is 15.1 Å². The Kier molecular flexibility index (Phi) is 5.25. The molecule has 1 N–H and O–H groups in total. The van der Waals surface area contributed by atoms with Gasteiger partial charge >= 0.3 is 0 Å². The fourth-order valence-electron chi connectivity index (χ4n) is 4.27. The quantitative estimate of drug-likeness (QED) is 0.832. The van der Waals surface area contributed by atoms with Gasteiger partial charge in [0, 0.05) is 18.7 Å². The number of aromatic nitrogens is 2. The smallest absolute Gasteiger partial charge is 0.252 e. The number of anilines is 1. The lowest BCUT2D eigenvalue weighted by Crippen LogP contribution is -2.50. The summed E-state index contributed by atoms with van der Waals surface area (Å²) in [7, 11) is 1.60. The Hall–Kier alpha value is -2.90. The first-order valence-corrected chi connectivity index (χ1v) is 10.1. The predicted octanol–water partition coefficient (Wildman–Crippen LogP) is 2.72. The summed E-state index contributed by atoms with van der Waals surface area (Å²) in [5.74, 6) is 1.16. The van der Waals surface area contributed by atoms with Gasteiger partial charge in [0.2, 0.25) is 11.8 Å². The number of hydrogen-bond acceptors (Lipinski definition) is 6. The predicted molar refractivity (Wildman–Crippen MR) is 105 cm³/mol. The number of hydrogen-bond donors (Lipinski definition) is 1. The lowest BCUT2D eigenvalue weighted by molar-refractivity contribution is -0.129. The number of amides is 2. The van der Waals surface area contributed by atoms with E-state index in [0.717, 1.165) is 43.5 Å². The zero-order valence-corrected chi connectivity index (χ0v) is 16.8. The van der Waals surface area contributed by atoms with Gasteiger partial charge in [0.05, 0.1) is 13.0 Å². The second-order valence-electron chi connectivity index (χ2n) is 7.88. The number of ether oxygens (including phenoxy) is 1. The molecular formula is C21H26N4O4. The Morgan fingerprint density at radius 3 is 2.59 bits per heavy atom. The number of methoxy groups -OCH3 is 1. The minimum absolute atomic E-state index is 0.0540. The van der Waals surface area contributed by atoms with Crippen molar-refractivity contribution >= 4 is 17.5 Å². The van der Waals surface area contributed by atoms with Gasteiger partial charge in [-0.25, -0.2) is 0 Å². The monoisotopic (exact) mass is 398 g/mol. The van der Waals surface area contributed by atoms with Crippen molar-refractivity contribution in [3.63, 3.8) is 0 Å². The van der Waals surface area contributed by atoms with Crippen LogP contribution in [0.2, 0.25) is 0 Å². The molecule has 2 aliphatic rings. The highest BCUT2D eigenvalue weighted by atomic mass is 16.5. The Morgan fingerprint density at radius 2 is 1.97 bits per heavy atom. The molecule has 8 heteroatoms.